The number of amides is 1. The van der Waals surface area contributed by atoms with Gasteiger partial charge in [0.05, 0.1) is 35.6 Å². The Bertz CT molecular complexity index is 2000. The van der Waals surface area contributed by atoms with Crippen molar-refractivity contribution < 1.29 is 67.8 Å². The quantitative estimate of drug-likeness (QED) is 0.196. The number of rotatable bonds is 3. The van der Waals surface area contributed by atoms with Gasteiger partial charge in [-0.2, -0.15) is 0 Å². The molecule has 5 aliphatic rings. The van der Waals surface area contributed by atoms with Gasteiger partial charge in [-0.3, -0.25) is 19.2 Å². The lowest BCUT2D eigenvalue weighted by Crippen LogP contribution is -2.82. The fourth-order valence-electron chi connectivity index (χ4n) is 9.83. The molecule has 3 aliphatic carbocycles. The van der Waals surface area contributed by atoms with Crippen LogP contribution in [0.5, 0.6) is 0 Å². The van der Waals surface area contributed by atoms with Gasteiger partial charge in [-0.1, -0.05) is 49.8 Å². The molecular weight excluding hydrogens is 754 g/mol. The van der Waals surface area contributed by atoms with Crippen LogP contribution in [0.4, 0.5) is 0 Å². The zero-order valence-electron chi connectivity index (χ0n) is 34.0. The van der Waals surface area contributed by atoms with Crippen molar-refractivity contribution in [1.82, 2.24) is 5.32 Å². The number of carbonyl (C=O) groups excluding carboxylic acids is 6. The molecule has 1 unspecified atom stereocenters. The third-order valence-electron chi connectivity index (χ3n) is 12.8. The molecule has 1 amide bonds. The molecule has 0 spiro atoms. The lowest BCUT2D eigenvalue weighted by atomic mass is 9.44. The summed E-state index contributed by atoms with van der Waals surface area (Å²) in [4.78, 5) is 82.9. The van der Waals surface area contributed by atoms with Crippen molar-refractivity contribution in [2.24, 2.45) is 16.7 Å². The topological polar surface area (TPSA) is 221 Å². The van der Waals surface area contributed by atoms with Crippen LogP contribution in [0.15, 0.2) is 53.1 Å². The van der Waals surface area contributed by atoms with E-state index >= 15 is 4.79 Å². The average Bonchev–Trinajstić information content (AvgIpc) is 3.13. The summed E-state index contributed by atoms with van der Waals surface area (Å²) in [6.07, 6.45) is -5.08. The number of hydrogen-bond acceptors (Lipinski definition) is 14. The Kier molecular flexibility index (Phi) is 11.4. The molecule has 2 heterocycles. The minimum atomic E-state index is -2.36. The highest BCUT2D eigenvalue weighted by atomic mass is 16.6. The predicted octanol–water partition coefficient (Wildman–Crippen LogP) is 2.82. The van der Waals surface area contributed by atoms with Crippen molar-refractivity contribution in [2.45, 2.75) is 135 Å². The van der Waals surface area contributed by atoms with Crippen LogP contribution in [0.2, 0.25) is 0 Å². The Balaban J connectivity index is 1.65. The summed E-state index contributed by atoms with van der Waals surface area (Å²) in [5.74, 6) is -6.63. The maximum absolute atomic E-state index is 15.4. The Morgan fingerprint density at radius 3 is 2.33 bits per heavy atom. The zero-order chi connectivity index (χ0) is 42.7. The lowest BCUT2D eigenvalue weighted by Gasteiger charge is -2.67. The zero-order valence-corrected chi connectivity index (χ0v) is 34.0. The van der Waals surface area contributed by atoms with E-state index in [1.807, 2.05) is 0 Å². The van der Waals surface area contributed by atoms with Crippen LogP contribution < -0.4 is 5.32 Å². The first-order valence-corrected chi connectivity index (χ1v) is 19.5. The smallest absolute Gasteiger partial charge is 0.338 e. The molecule has 2 aliphatic heterocycles. The minimum absolute atomic E-state index is 0.00288. The van der Waals surface area contributed by atoms with Gasteiger partial charge in [0.2, 0.25) is 5.91 Å². The second kappa shape index (κ2) is 15.5. The van der Waals surface area contributed by atoms with E-state index in [1.54, 1.807) is 58.0 Å². The molecule has 4 N–H and O–H groups in total. The molecule has 6 rings (SSSR count). The maximum atomic E-state index is 15.4. The number of nitrogens with one attached hydrogen (secondary N) is 1. The summed E-state index contributed by atoms with van der Waals surface area (Å²) in [7, 11) is 0. The molecule has 0 aromatic heterocycles. The molecule has 1 aromatic rings. The van der Waals surface area contributed by atoms with Crippen molar-refractivity contribution >= 4 is 41.6 Å². The number of esters is 4. The summed E-state index contributed by atoms with van der Waals surface area (Å²) in [5.41, 5.74) is -6.30. The molecule has 2 saturated carbocycles. The fraction of sp³-hybridized carbons (Fsp3) is 0.581. The number of Topliss-reactive ketones (excluding diaryl/α,β-unsaturated/α-hetero) is 1. The van der Waals surface area contributed by atoms with Gasteiger partial charge >= 0.3 is 23.9 Å². The Morgan fingerprint density at radius 2 is 1.71 bits per heavy atom. The first-order valence-electron chi connectivity index (χ1n) is 19.5. The molecule has 1 saturated heterocycles. The maximum Gasteiger partial charge on any atom is 0.338 e. The largest absolute Gasteiger partial charge is 0.456 e. The molecule has 15 heteroatoms. The fourth-order valence-corrected chi connectivity index (χ4v) is 9.83. The van der Waals surface area contributed by atoms with Gasteiger partial charge in [-0.05, 0) is 63.0 Å². The number of aliphatic hydroxyl groups is 3. The van der Waals surface area contributed by atoms with Crippen LogP contribution in [0, 0.1) is 16.7 Å². The molecule has 3 fully saturated rings. The van der Waals surface area contributed by atoms with Gasteiger partial charge < -0.3 is 44.3 Å². The Labute approximate surface area is 336 Å². The lowest BCUT2D eigenvalue weighted by molar-refractivity contribution is -0.346. The van der Waals surface area contributed by atoms with Crippen LogP contribution in [0.25, 0.3) is 6.08 Å². The van der Waals surface area contributed by atoms with Gasteiger partial charge in [0, 0.05) is 38.5 Å². The number of aliphatic hydroxyl groups excluding tert-OH is 2. The van der Waals surface area contributed by atoms with Gasteiger partial charge in [0.15, 0.2) is 23.6 Å². The monoisotopic (exact) mass is 807 g/mol. The molecule has 5 bridgehead atoms. The van der Waals surface area contributed by atoms with Crippen molar-refractivity contribution in [3.05, 3.63) is 64.3 Å². The number of fused-ring (bicyclic) bond motifs is 8. The van der Waals surface area contributed by atoms with Crippen LogP contribution in [-0.4, -0.2) is 111 Å². The highest BCUT2D eigenvalue weighted by Crippen LogP contribution is 2.64. The summed E-state index contributed by atoms with van der Waals surface area (Å²) < 4.78 is 30.2. The second-order valence-corrected chi connectivity index (χ2v) is 17.2. The molecule has 1 aromatic carbocycles. The number of allylic oxidation sites excluding steroid dienone is 2. The van der Waals surface area contributed by atoms with Crippen molar-refractivity contribution in [2.75, 3.05) is 6.61 Å². The minimum Gasteiger partial charge on any atom is -0.456 e. The third kappa shape index (κ3) is 7.09. The molecule has 314 valence electrons. The Hall–Kier alpha value is -4.70. The van der Waals surface area contributed by atoms with E-state index in [-0.39, 0.29) is 42.6 Å². The van der Waals surface area contributed by atoms with Gasteiger partial charge in [0.1, 0.15) is 23.9 Å². The molecule has 15 nitrogen and oxygen atoms in total. The van der Waals surface area contributed by atoms with E-state index in [9.17, 15) is 39.3 Å². The van der Waals surface area contributed by atoms with Crippen molar-refractivity contribution in [3.63, 3.8) is 0 Å². The summed E-state index contributed by atoms with van der Waals surface area (Å²) in [6, 6.07) is 5.16. The number of hydrogen-bond donors (Lipinski definition) is 4. The van der Waals surface area contributed by atoms with Crippen LogP contribution in [0.1, 0.15) is 97.0 Å². The van der Waals surface area contributed by atoms with Crippen molar-refractivity contribution in [1.29, 1.82) is 0 Å². The van der Waals surface area contributed by atoms with Crippen LogP contribution >= 0.6 is 0 Å². The number of carbonyl (C=O) groups is 6. The summed E-state index contributed by atoms with van der Waals surface area (Å²) in [5, 5.41) is 39.8. The molecule has 58 heavy (non-hydrogen) atoms. The summed E-state index contributed by atoms with van der Waals surface area (Å²) >= 11 is 0. The molecule has 11 atom stereocenters. The van der Waals surface area contributed by atoms with Crippen LogP contribution in [-0.2, 0) is 47.7 Å². The van der Waals surface area contributed by atoms with E-state index in [0.29, 0.717) is 11.1 Å². The highest BCUT2D eigenvalue weighted by molar-refractivity contribution is 5.96. The van der Waals surface area contributed by atoms with E-state index in [4.69, 9.17) is 23.7 Å². The van der Waals surface area contributed by atoms with Gasteiger partial charge in [0.25, 0.3) is 0 Å². The number of ether oxygens (including phenoxy) is 5. The Morgan fingerprint density at radius 1 is 1.00 bits per heavy atom. The number of benzene rings is 1. The SMILES string of the molecule is CC(=O)O[C@H]1C(=O)[C@@]2(C)C([C@@H]3OC(=O)c4cccc(c4)/C=C/CCC(=O)N[C@@H](C=C(C)C)[C@@H](O)C(=O)O[C@H]4C[C@]3(O)C(C)(C)C1=C4C)[C@]1(OC(C)=O)CO[C@@H]1C[C@@H]2O. The van der Waals surface area contributed by atoms with E-state index in [1.165, 1.54) is 26.0 Å². The highest BCUT2D eigenvalue weighted by Gasteiger charge is 2.78. The first kappa shape index (κ1) is 42.9. The van der Waals surface area contributed by atoms with Crippen LogP contribution in [0.3, 0.4) is 0 Å². The second-order valence-electron chi connectivity index (χ2n) is 17.2. The van der Waals surface area contributed by atoms with Gasteiger partial charge in [-0.25, -0.2) is 9.59 Å². The van der Waals surface area contributed by atoms with E-state index in [0.717, 1.165) is 13.8 Å². The van der Waals surface area contributed by atoms with E-state index < -0.39 is 113 Å². The first-order chi connectivity index (χ1) is 27.1. The number of ketones is 1. The van der Waals surface area contributed by atoms with Crippen molar-refractivity contribution in [3.8, 4) is 0 Å². The standard InChI is InChI=1S/C43H53NO14/c1-21(2)16-27-33(49)39(52)56-28-19-43(53)37(57-38(51)26-14-11-13-25(17-26)12-9-10-15-31(48)44-27)35-41(8,29(47)18-30-42(35,20-54-30)58-24(5)46)36(50)34(55-23(4)45)32(22(28)3)40(43,6)7/h9,11-14,16-17,27-30,33-35,37,47,49,53H,10,15,18-20H2,1-8H3,(H,44,48)/b12-9+/t27-,28-,29-,30+,33+,34+,35?,37-,41+,42-,43+/m0/s1. The molecule has 0 radical (unpaired) electrons. The summed E-state index contributed by atoms with van der Waals surface area (Å²) in [6.45, 7) is 11.5. The predicted molar refractivity (Wildman–Crippen MR) is 204 cm³/mol. The normalized spacial score (nSPS) is 37.9. The third-order valence-corrected chi connectivity index (χ3v) is 12.8. The van der Waals surface area contributed by atoms with Gasteiger partial charge in [-0.15, -0.1) is 0 Å². The average molecular weight is 808 g/mol. The molecular formula is C43H53NO14. The van der Waals surface area contributed by atoms with E-state index in [2.05, 4.69) is 5.32 Å².